The second-order valence-corrected chi connectivity index (χ2v) is 3.23. The predicted octanol–water partition coefficient (Wildman–Crippen LogP) is 2.34. The summed E-state index contributed by atoms with van der Waals surface area (Å²) >= 11 is 0. The highest BCUT2D eigenvalue weighted by Gasteiger charge is 2.19. The number of amides is 1. The minimum Gasteiger partial charge on any atom is -0.356 e. The van der Waals surface area contributed by atoms with Gasteiger partial charge in [0.25, 0.3) is 0 Å². The molecule has 0 aliphatic carbocycles. The Morgan fingerprint density at radius 1 is 1.38 bits per heavy atom. The molecular weight excluding hydrogens is 176 g/mol. The molecule has 0 bridgehead atoms. The van der Waals surface area contributed by atoms with E-state index in [-0.39, 0.29) is 12.3 Å². The number of unbranched alkanes of at least 4 members (excludes halogenated alkanes) is 1. The maximum absolute atomic E-state index is 12.3. The summed E-state index contributed by atoms with van der Waals surface area (Å²) in [4.78, 5) is 10.9. The molecule has 78 valence electrons. The lowest BCUT2D eigenvalue weighted by Gasteiger charge is -2.08. The van der Waals surface area contributed by atoms with Crippen LogP contribution >= 0.6 is 0 Å². The van der Waals surface area contributed by atoms with Crippen LogP contribution in [0.25, 0.3) is 0 Å². The molecule has 0 rings (SSSR count). The van der Waals surface area contributed by atoms with Gasteiger partial charge in [-0.25, -0.2) is 8.78 Å². The molecule has 0 aromatic carbocycles. The van der Waals surface area contributed by atoms with Gasteiger partial charge in [0.1, 0.15) is 0 Å². The molecule has 0 aliphatic rings. The van der Waals surface area contributed by atoms with Crippen molar-refractivity contribution in [2.45, 2.75) is 45.5 Å². The van der Waals surface area contributed by atoms with E-state index in [2.05, 4.69) is 5.32 Å². The Kier molecular flexibility index (Phi) is 5.58. The number of carbonyl (C=O) groups excluding carboxylic acids is 1. The van der Waals surface area contributed by atoms with E-state index in [1.165, 1.54) is 0 Å². The van der Waals surface area contributed by atoms with Gasteiger partial charge in [0.15, 0.2) is 0 Å². The van der Waals surface area contributed by atoms with Crippen LogP contribution in [0.2, 0.25) is 0 Å². The van der Waals surface area contributed by atoms with Gasteiger partial charge in [-0.15, -0.1) is 0 Å². The molecule has 0 aromatic heterocycles. The van der Waals surface area contributed by atoms with Gasteiger partial charge in [0, 0.05) is 19.4 Å². The van der Waals surface area contributed by atoms with Gasteiger partial charge < -0.3 is 5.32 Å². The van der Waals surface area contributed by atoms with Gasteiger partial charge in [-0.2, -0.15) is 0 Å². The molecule has 0 radical (unpaired) electrons. The van der Waals surface area contributed by atoms with Gasteiger partial charge in [0.05, 0.1) is 0 Å². The molecule has 2 nitrogen and oxygen atoms in total. The highest BCUT2D eigenvalue weighted by Crippen LogP contribution is 2.19. The van der Waals surface area contributed by atoms with Crippen molar-refractivity contribution in [2.24, 2.45) is 0 Å². The molecule has 0 atom stereocenters. The summed E-state index contributed by atoms with van der Waals surface area (Å²) in [6, 6.07) is 0. The van der Waals surface area contributed by atoms with Crippen LogP contribution in [0, 0.1) is 0 Å². The van der Waals surface area contributed by atoms with Crippen LogP contribution in [0.1, 0.15) is 39.5 Å². The first-order valence-corrected chi connectivity index (χ1v) is 4.60. The van der Waals surface area contributed by atoms with Crippen LogP contribution in [0.15, 0.2) is 0 Å². The van der Waals surface area contributed by atoms with Gasteiger partial charge in [-0.1, -0.05) is 0 Å². The fourth-order valence-corrected chi connectivity index (χ4v) is 1.01. The maximum Gasteiger partial charge on any atom is 0.245 e. The lowest BCUT2D eigenvalue weighted by atomic mass is 10.1. The van der Waals surface area contributed by atoms with E-state index in [0.29, 0.717) is 25.8 Å². The van der Waals surface area contributed by atoms with Crippen molar-refractivity contribution in [1.82, 2.24) is 5.32 Å². The zero-order chi connectivity index (χ0) is 10.3. The number of rotatable bonds is 6. The third-order valence-corrected chi connectivity index (χ3v) is 1.64. The molecule has 13 heavy (non-hydrogen) atoms. The molecule has 0 unspecified atom stereocenters. The molecule has 0 heterocycles. The number of alkyl halides is 2. The maximum atomic E-state index is 12.3. The van der Waals surface area contributed by atoms with Crippen molar-refractivity contribution >= 4 is 5.91 Å². The summed E-state index contributed by atoms with van der Waals surface area (Å²) in [6.45, 7) is 3.33. The first-order chi connectivity index (χ1) is 5.95. The second-order valence-electron chi connectivity index (χ2n) is 3.23. The average Bonchev–Trinajstić information content (AvgIpc) is 1.97. The first kappa shape index (κ1) is 12.3. The largest absolute Gasteiger partial charge is 0.356 e. The number of carbonyl (C=O) groups is 1. The van der Waals surface area contributed by atoms with E-state index in [1.54, 1.807) is 0 Å². The summed E-state index contributed by atoms with van der Waals surface area (Å²) in [5.74, 6) is -2.65. The minimum absolute atomic E-state index is 0.0538. The second kappa shape index (κ2) is 5.89. The van der Waals surface area contributed by atoms with Gasteiger partial charge >= 0.3 is 0 Å². The number of hydrogen-bond donors (Lipinski definition) is 1. The molecular formula is C9H17F2NO. The zero-order valence-corrected chi connectivity index (χ0v) is 8.20. The lowest BCUT2D eigenvalue weighted by molar-refractivity contribution is -0.121. The standard InChI is InChI=1S/C9H17F2NO/c1-3-12-8(13)6-4-5-7-9(2,10)11/h3-7H2,1-2H3,(H,12,13). The highest BCUT2D eigenvalue weighted by molar-refractivity contribution is 5.75. The molecule has 0 saturated carbocycles. The average molecular weight is 193 g/mol. The van der Waals surface area contributed by atoms with Gasteiger partial charge in [-0.3, -0.25) is 4.79 Å². The van der Waals surface area contributed by atoms with Gasteiger partial charge in [-0.05, 0) is 26.7 Å². The summed E-state index contributed by atoms with van der Waals surface area (Å²) in [5, 5.41) is 2.62. The van der Waals surface area contributed by atoms with Gasteiger partial charge in [0.2, 0.25) is 11.8 Å². The van der Waals surface area contributed by atoms with E-state index in [1.807, 2.05) is 6.92 Å². The van der Waals surface area contributed by atoms with Crippen LogP contribution in [0.5, 0.6) is 0 Å². The summed E-state index contributed by atoms with van der Waals surface area (Å²) in [7, 11) is 0. The number of hydrogen-bond acceptors (Lipinski definition) is 1. The van der Waals surface area contributed by atoms with E-state index in [4.69, 9.17) is 0 Å². The van der Waals surface area contributed by atoms with E-state index < -0.39 is 5.92 Å². The molecule has 0 fully saturated rings. The lowest BCUT2D eigenvalue weighted by Crippen LogP contribution is -2.22. The molecule has 1 amide bonds. The van der Waals surface area contributed by atoms with Crippen molar-refractivity contribution in [3.63, 3.8) is 0 Å². The smallest absolute Gasteiger partial charge is 0.245 e. The normalized spacial score (nSPS) is 11.4. The Bertz CT molecular complexity index is 154. The van der Waals surface area contributed by atoms with Crippen LogP contribution in [0.4, 0.5) is 8.78 Å². The molecule has 4 heteroatoms. The third kappa shape index (κ3) is 9.24. The third-order valence-electron chi connectivity index (χ3n) is 1.64. The van der Waals surface area contributed by atoms with Crippen LogP contribution in [-0.4, -0.2) is 18.4 Å². The topological polar surface area (TPSA) is 29.1 Å². The van der Waals surface area contributed by atoms with Crippen molar-refractivity contribution < 1.29 is 13.6 Å². The minimum atomic E-state index is -2.60. The van der Waals surface area contributed by atoms with Crippen LogP contribution in [-0.2, 0) is 4.79 Å². The molecule has 1 N–H and O–H groups in total. The van der Waals surface area contributed by atoms with Crippen LogP contribution in [0.3, 0.4) is 0 Å². The first-order valence-electron chi connectivity index (χ1n) is 4.60. The Labute approximate surface area is 77.7 Å². The number of nitrogens with one attached hydrogen (secondary N) is 1. The van der Waals surface area contributed by atoms with E-state index in [0.717, 1.165) is 6.92 Å². The van der Waals surface area contributed by atoms with Crippen molar-refractivity contribution in [3.8, 4) is 0 Å². The molecule has 0 aliphatic heterocycles. The highest BCUT2D eigenvalue weighted by atomic mass is 19.3. The Morgan fingerprint density at radius 3 is 2.46 bits per heavy atom. The zero-order valence-electron chi connectivity index (χ0n) is 8.20. The quantitative estimate of drug-likeness (QED) is 0.644. The van der Waals surface area contributed by atoms with E-state index in [9.17, 15) is 13.6 Å². The molecule has 0 saturated heterocycles. The Balaban J connectivity index is 3.31. The fourth-order valence-electron chi connectivity index (χ4n) is 1.01. The predicted molar refractivity (Wildman–Crippen MR) is 47.8 cm³/mol. The number of halogens is 2. The van der Waals surface area contributed by atoms with Crippen molar-refractivity contribution in [1.29, 1.82) is 0 Å². The summed E-state index contributed by atoms with van der Waals surface area (Å²) < 4.78 is 24.6. The van der Waals surface area contributed by atoms with E-state index >= 15 is 0 Å². The Hall–Kier alpha value is -0.670. The summed E-state index contributed by atoms with van der Waals surface area (Å²) in [6.07, 6.45) is 1.16. The fraction of sp³-hybridized carbons (Fsp3) is 0.889. The van der Waals surface area contributed by atoms with Crippen LogP contribution < -0.4 is 5.32 Å². The molecule has 0 spiro atoms. The Morgan fingerprint density at radius 2 is 2.00 bits per heavy atom. The summed E-state index contributed by atoms with van der Waals surface area (Å²) in [5.41, 5.74) is 0. The SMILES string of the molecule is CCNC(=O)CCCCC(C)(F)F. The monoisotopic (exact) mass is 193 g/mol. The van der Waals surface area contributed by atoms with Crippen molar-refractivity contribution in [3.05, 3.63) is 0 Å². The van der Waals surface area contributed by atoms with Crippen molar-refractivity contribution in [2.75, 3.05) is 6.54 Å². The molecule has 0 aromatic rings.